The van der Waals surface area contributed by atoms with Gasteiger partial charge < -0.3 is 15.2 Å². The molecular weight excluding hydrogens is 242 g/mol. The molecule has 4 nitrogen and oxygen atoms in total. The van der Waals surface area contributed by atoms with Gasteiger partial charge in [0.1, 0.15) is 0 Å². The van der Waals surface area contributed by atoms with E-state index >= 15 is 0 Å². The highest BCUT2D eigenvalue weighted by Gasteiger charge is 2.31. The first kappa shape index (κ1) is 12.5. The summed E-state index contributed by atoms with van der Waals surface area (Å²) in [4.78, 5) is 12.5. The van der Waals surface area contributed by atoms with Crippen molar-refractivity contribution in [1.82, 2.24) is 0 Å². The lowest BCUT2D eigenvalue weighted by atomic mass is 9.93. The van der Waals surface area contributed by atoms with Gasteiger partial charge in [-0.25, -0.2) is 0 Å². The third-order valence-electron chi connectivity index (χ3n) is 3.94. The Morgan fingerprint density at radius 2 is 1.89 bits per heavy atom. The molecule has 2 aliphatic rings. The van der Waals surface area contributed by atoms with Crippen molar-refractivity contribution in [1.29, 1.82) is 0 Å². The van der Waals surface area contributed by atoms with Crippen LogP contribution in [0.1, 0.15) is 36.0 Å². The molecule has 3 rings (SSSR count). The Hall–Kier alpha value is -1.55. The first-order chi connectivity index (χ1) is 9.25. The van der Waals surface area contributed by atoms with Crippen molar-refractivity contribution >= 4 is 5.78 Å². The molecule has 1 fully saturated rings. The van der Waals surface area contributed by atoms with E-state index in [2.05, 4.69) is 0 Å². The van der Waals surface area contributed by atoms with Crippen LogP contribution in [0, 0.1) is 5.92 Å². The molecular formula is C15H19NO3. The molecule has 1 aliphatic heterocycles. The third kappa shape index (κ3) is 2.45. The predicted molar refractivity (Wildman–Crippen MR) is 71.7 cm³/mol. The Balaban J connectivity index is 1.85. The van der Waals surface area contributed by atoms with Crippen LogP contribution in [0.4, 0.5) is 0 Å². The van der Waals surface area contributed by atoms with E-state index in [0.29, 0.717) is 24.5 Å². The van der Waals surface area contributed by atoms with Gasteiger partial charge >= 0.3 is 0 Å². The number of Topliss-reactive ketones (excluding diaryl/α,β-unsaturated/α-hetero) is 1. The number of carbonyl (C=O) groups excluding carboxylic acids is 1. The van der Waals surface area contributed by atoms with Crippen LogP contribution in [0.15, 0.2) is 18.2 Å². The van der Waals surface area contributed by atoms with E-state index in [0.717, 1.165) is 31.4 Å². The van der Waals surface area contributed by atoms with Crippen LogP contribution in [0.3, 0.4) is 0 Å². The van der Waals surface area contributed by atoms with Crippen molar-refractivity contribution in [2.75, 3.05) is 13.2 Å². The highest BCUT2D eigenvalue weighted by Crippen LogP contribution is 2.33. The average molecular weight is 261 g/mol. The van der Waals surface area contributed by atoms with Crippen molar-refractivity contribution in [3.05, 3.63) is 23.8 Å². The topological polar surface area (TPSA) is 61.6 Å². The minimum Gasteiger partial charge on any atom is -0.490 e. The van der Waals surface area contributed by atoms with Crippen molar-refractivity contribution in [3.63, 3.8) is 0 Å². The number of ketones is 1. The molecule has 2 unspecified atom stereocenters. The van der Waals surface area contributed by atoms with E-state index in [9.17, 15) is 4.79 Å². The summed E-state index contributed by atoms with van der Waals surface area (Å²) >= 11 is 0. The molecule has 1 saturated carbocycles. The zero-order valence-electron chi connectivity index (χ0n) is 10.9. The van der Waals surface area contributed by atoms with Gasteiger partial charge in [-0.2, -0.15) is 0 Å². The molecule has 0 aromatic heterocycles. The van der Waals surface area contributed by atoms with Gasteiger partial charge in [0.2, 0.25) is 0 Å². The van der Waals surface area contributed by atoms with E-state index in [1.807, 2.05) is 12.1 Å². The van der Waals surface area contributed by atoms with Crippen LogP contribution in [-0.2, 0) is 0 Å². The van der Waals surface area contributed by atoms with Crippen LogP contribution in [0.2, 0.25) is 0 Å². The van der Waals surface area contributed by atoms with Gasteiger partial charge in [0.15, 0.2) is 17.3 Å². The number of rotatable bonds is 2. The molecule has 102 valence electrons. The highest BCUT2D eigenvalue weighted by atomic mass is 16.5. The minimum atomic E-state index is -0.0373. The average Bonchev–Trinajstić information content (AvgIpc) is 2.72. The second-order valence-corrected chi connectivity index (χ2v) is 5.28. The Labute approximate surface area is 112 Å². The summed E-state index contributed by atoms with van der Waals surface area (Å²) in [5.41, 5.74) is 6.69. The lowest BCUT2D eigenvalue weighted by molar-refractivity contribution is 0.0913. The monoisotopic (exact) mass is 261 g/mol. The van der Waals surface area contributed by atoms with Gasteiger partial charge in [0.05, 0.1) is 13.2 Å². The molecule has 2 atom stereocenters. The number of carbonyl (C=O) groups is 1. The van der Waals surface area contributed by atoms with Crippen molar-refractivity contribution in [2.45, 2.75) is 31.7 Å². The van der Waals surface area contributed by atoms with Gasteiger partial charge in [-0.3, -0.25) is 4.79 Å². The predicted octanol–water partition coefficient (Wildman–Crippen LogP) is 2.16. The number of hydrogen-bond donors (Lipinski definition) is 1. The Morgan fingerprint density at radius 1 is 1.11 bits per heavy atom. The van der Waals surface area contributed by atoms with Gasteiger partial charge in [-0.1, -0.05) is 6.42 Å². The molecule has 0 spiro atoms. The zero-order chi connectivity index (χ0) is 13.2. The Kier molecular flexibility index (Phi) is 3.42. The fourth-order valence-corrected chi connectivity index (χ4v) is 2.84. The molecule has 0 bridgehead atoms. The molecule has 1 aromatic carbocycles. The first-order valence-corrected chi connectivity index (χ1v) is 6.95. The van der Waals surface area contributed by atoms with E-state index < -0.39 is 0 Å². The molecule has 1 aromatic rings. The first-order valence-electron chi connectivity index (χ1n) is 6.95. The van der Waals surface area contributed by atoms with Crippen LogP contribution < -0.4 is 15.2 Å². The number of nitrogens with two attached hydrogens (primary N) is 1. The van der Waals surface area contributed by atoms with Gasteiger partial charge in [-0.15, -0.1) is 0 Å². The molecule has 1 heterocycles. The molecule has 2 N–H and O–H groups in total. The van der Waals surface area contributed by atoms with Crippen molar-refractivity contribution in [3.8, 4) is 11.5 Å². The smallest absolute Gasteiger partial charge is 0.167 e. The third-order valence-corrected chi connectivity index (χ3v) is 3.94. The maximum Gasteiger partial charge on any atom is 0.167 e. The summed E-state index contributed by atoms with van der Waals surface area (Å²) < 4.78 is 11.2. The Morgan fingerprint density at radius 3 is 2.63 bits per heavy atom. The molecule has 0 radical (unpaired) electrons. The maximum atomic E-state index is 12.5. The standard InChI is InChI=1S/C15H19NO3/c16-12-4-1-3-11(12)15(17)10-5-6-13-14(9-10)19-8-2-7-18-13/h5-6,9,11-12H,1-4,7-8,16H2. The van der Waals surface area contributed by atoms with E-state index in [1.54, 1.807) is 6.07 Å². The highest BCUT2D eigenvalue weighted by molar-refractivity contribution is 5.99. The van der Waals surface area contributed by atoms with E-state index in [1.165, 1.54) is 0 Å². The van der Waals surface area contributed by atoms with Crippen LogP contribution in [-0.4, -0.2) is 25.0 Å². The summed E-state index contributed by atoms with van der Waals surface area (Å²) in [5.74, 6) is 1.50. The number of benzene rings is 1. The van der Waals surface area contributed by atoms with Crippen LogP contribution >= 0.6 is 0 Å². The normalized spacial score (nSPS) is 25.9. The second-order valence-electron chi connectivity index (χ2n) is 5.28. The molecule has 0 amide bonds. The van der Waals surface area contributed by atoms with Crippen LogP contribution in [0.25, 0.3) is 0 Å². The van der Waals surface area contributed by atoms with Crippen molar-refractivity contribution < 1.29 is 14.3 Å². The number of hydrogen-bond acceptors (Lipinski definition) is 4. The quantitative estimate of drug-likeness (QED) is 0.829. The fraction of sp³-hybridized carbons (Fsp3) is 0.533. The SMILES string of the molecule is NC1CCCC1C(=O)c1ccc2c(c1)OCCCO2. The molecule has 19 heavy (non-hydrogen) atoms. The maximum absolute atomic E-state index is 12.5. The summed E-state index contributed by atoms with van der Waals surface area (Å²) in [6.07, 6.45) is 3.75. The van der Waals surface area contributed by atoms with E-state index in [4.69, 9.17) is 15.2 Å². The second kappa shape index (κ2) is 5.21. The summed E-state index contributed by atoms with van der Waals surface area (Å²) in [7, 11) is 0. The minimum absolute atomic E-state index is 0.00322. The summed E-state index contributed by atoms with van der Waals surface area (Å²) in [6.45, 7) is 1.29. The largest absolute Gasteiger partial charge is 0.490 e. The van der Waals surface area contributed by atoms with Crippen molar-refractivity contribution in [2.24, 2.45) is 11.7 Å². The molecule has 4 heteroatoms. The summed E-state index contributed by atoms with van der Waals surface area (Å²) in [6, 6.07) is 5.45. The summed E-state index contributed by atoms with van der Waals surface area (Å²) in [5, 5.41) is 0. The lowest BCUT2D eigenvalue weighted by Crippen LogP contribution is -2.30. The number of fused-ring (bicyclic) bond motifs is 1. The molecule has 0 saturated heterocycles. The number of ether oxygens (including phenoxy) is 2. The van der Waals surface area contributed by atoms with Gasteiger partial charge in [0.25, 0.3) is 0 Å². The van der Waals surface area contributed by atoms with Gasteiger partial charge in [-0.05, 0) is 31.0 Å². The molecule has 1 aliphatic carbocycles. The van der Waals surface area contributed by atoms with Crippen LogP contribution in [0.5, 0.6) is 11.5 Å². The lowest BCUT2D eigenvalue weighted by Gasteiger charge is -2.15. The Bertz CT molecular complexity index is 486. The van der Waals surface area contributed by atoms with E-state index in [-0.39, 0.29) is 17.7 Å². The van der Waals surface area contributed by atoms with Gasteiger partial charge in [0, 0.05) is 23.9 Å². The fourth-order valence-electron chi connectivity index (χ4n) is 2.84. The zero-order valence-corrected chi connectivity index (χ0v) is 10.9.